The largest absolute Gasteiger partial charge is 0.481 e. The molecule has 0 fully saturated rings. The molecule has 0 radical (unpaired) electrons. The van der Waals surface area contributed by atoms with E-state index in [1.54, 1.807) is 13.0 Å². The molecule has 18 heavy (non-hydrogen) atoms. The van der Waals surface area contributed by atoms with E-state index in [-0.39, 0.29) is 12.3 Å². The van der Waals surface area contributed by atoms with Crippen LogP contribution in [-0.4, -0.2) is 28.5 Å². The number of aliphatic carboxylic acids is 1. The molecule has 0 unspecified atom stereocenters. The lowest BCUT2D eigenvalue weighted by molar-refractivity contribution is -0.137. The molecule has 1 heterocycles. The summed E-state index contributed by atoms with van der Waals surface area (Å²) in [4.78, 5) is 26.0. The van der Waals surface area contributed by atoms with Crippen LogP contribution in [0.25, 0.3) is 0 Å². The number of aromatic nitrogens is 1. The van der Waals surface area contributed by atoms with Crippen LogP contribution in [0.3, 0.4) is 0 Å². The fraction of sp³-hybridized carbons (Fsp3) is 0.417. The number of rotatable bonds is 6. The predicted octanol–water partition coefficient (Wildman–Crippen LogP) is 2.03. The van der Waals surface area contributed by atoms with Gasteiger partial charge in [0.05, 0.1) is 10.6 Å². The third kappa shape index (κ3) is 4.71. The maximum Gasteiger partial charge on any atom is 0.303 e. The average Bonchev–Trinajstić information content (AvgIpc) is 2.27. The van der Waals surface area contributed by atoms with E-state index in [0.717, 1.165) is 5.69 Å². The molecule has 1 aromatic heterocycles. The van der Waals surface area contributed by atoms with Crippen LogP contribution >= 0.6 is 11.6 Å². The highest BCUT2D eigenvalue weighted by Crippen LogP contribution is 2.15. The lowest BCUT2D eigenvalue weighted by atomic mass is 10.2. The summed E-state index contributed by atoms with van der Waals surface area (Å²) in [6, 6.07) is 1.63. The number of carbonyl (C=O) groups excluding carboxylic acids is 1. The van der Waals surface area contributed by atoms with Crippen molar-refractivity contribution in [3.05, 3.63) is 28.5 Å². The number of unbranched alkanes of at least 4 members (excludes halogenated alkanes) is 1. The first kappa shape index (κ1) is 14.4. The second-order valence-electron chi connectivity index (χ2n) is 3.91. The van der Waals surface area contributed by atoms with Gasteiger partial charge in [0.15, 0.2) is 0 Å². The number of halogens is 1. The third-order valence-corrected chi connectivity index (χ3v) is 2.65. The van der Waals surface area contributed by atoms with Crippen LogP contribution in [0, 0.1) is 6.92 Å². The number of amides is 1. The molecule has 6 heteroatoms. The van der Waals surface area contributed by atoms with E-state index in [0.29, 0.717) is 30.0 Å². The van der Waals surface area contributed by atoms with Gasteiger partial charge in [0.25, 0.3) is 5.91 Å². The zero-order valence-electron chi connectivity index (χ0n) is 10.1. The van der Waals surface area contributed by atoms with Gasteiger partial charge in [0, 0.05) is 24.9 Å². The van der Waals surface area contributed by atoms with Crippen molar-refractivity contribution < 1.29 is 14.7 Å². The van der Waals surface area contributed by atoms with E-state index in [2.05, 4.69) is 10.3 Å². The summed E-state index contributed by atoms with van der Waals surface area (Å²) >= 11 is 5.93. The standard InChI is InChI=1S/C12H15ClN2O3/c1-8-6-10(13)9(7-15-8)12(18)14-5-3-2-4-11(16)17/h6-7H,2-5H2,1H3,(H,14,18)(H,16,17). The zero-order valence-corrected chi connectivity index (χ0v) is 10.8. The van der Waals surface area contributed by atoms with Crippen molar-refractivity contribution in [1.82, 2.24) is 10.3 Å². The molecule has 0 aliphatic carbocycles. The van der Waals surface area contributed by atoms with E-state index in [1.165, 1.54) is 6.20 Å². The molecule has 0 atom stereocenters. The first-order chi connectivity index (χ1) is 8.50. The Morgan fingerprint density at radius 2 is 2.17 bits per heavy atom. The number of carboxylic acid groups (broad SMARTS) is 1. The Morgan fingerprint density at radius 3 is 2.78 bits per heavy atom. The number of pyridine rings is 1. The summed E-state index contributed by atoms with van der Waals surface area (Å²) in [5.74, 6) is -1.12. The summed E-state index contributed by atoms with van der Waals surface area (Å²) in [5.41, 5.74) is 1.08. The highest BCUT2D eigenvalue weighted by Gasteiger charge is 2.10. The number of aryl methyl sites for hydroxylation is 1. The van der Waals surface area contributed by atoms with Gasteiger partial charge in [0.1, 0.15) is 0 Å². The lowest BCUT2D eigenvalue weighted by Crippen LogP contribution is -2.25. The van der Waals surface area contributed by atoms with Crippen LogP contribution in [-0.2, 0) is 4.79 Å². The van der Waals surface area contributed by atoms with Gasteiger partial charge >= 0.3 is 5.97 Å². The van der Waals surface area contributed by atoms with E-state index < -0.39 is 5.97 Å². The molecule has 0 spiro atoms. The van der Waals surface area contributed by atoms with Crippen molar-refractivity contribution in [1.29, 1.82) is 0 Å². The average molecular weight is 271 g/mol. The second kappa shape index (κ2) is 6.96. The summed E-state index contributed by atoms with van der Waals surface area (Å²) < 4.78 is 0. The van der Waals surface area contributed by atoms with Crippen molar-refractivity contribution in [3.8, 4) is 0 Å². The van der Waals surface area contributed by atoms with Crippen molar-refractivity contribution >= 4 is 23.5 Å². The molecule has 0 aromatic carbocycles. The SMILES string of the molecule is Cc1cc(Cl)c(C(=O)NCCCCC(=O)O)cn1. The van der Waals surface area contributed by atoms with Crippen molar-refractivity contribution in [2.75, 3.05) is 6.54 Å². The molecule has 1 rings (SSSR count). The first-order valence-corrected chi connectivity index (χ1v) is 6.00. The molecular weight excluding hydrogens is 256 g/mol. The Hall–Kier alpha value is -1.62. The van der Waals surface area contributed by atoms with Gasteiger partial charge < -0.3 is 10.4 Å². The smallest absolute Gasteiger partial charge is 0.303 e. The van der Waals surface area contributed by atoms with Crippen LogP contribution in [0.2, 0.25) is 5.02 Å². The van der Waals surface area contributed by atoms with Crippen molar-refractivity contribution in [2.24, 2.45) is 0 Å². The van der Waals surface area contributed by atoms with Crippen LogP contribution in [0.15, 0.2) is 12.3 Å². The topological polar surface area (TPSA) is 79.3 Å². The Labute approximate surface area is 110 Å². The van der Waals surface area contributed by atoms with Crippen molar-refractivity contribution in [2.45, 2.75) is 26.2 Å². The van der Waals surface area contributed by atoms with Gasteiger partial charge in [-0.05, 0) is 25.8 Å². The van der Waals surface area contributed by atoms with Crippen molar-refractivity contribution in [3.63, 3.8) is 0 Å². The van der Waals surface area contributed by atoms with E-state index in [1.807, 2.05) is 0 Å². The van der Waals surface area contributed by atoms with Gasteiger partial charge in [-0.3, -0.25) is 14.6 Å². The predicted molar refractivity (Wildman–Crippen MR) is 67.8 cm³/mol. The summed E-state index contributed by atoms with van der Waals surface area (Å²) in [7, 11) is 0. The molecule has 2 N–H and O–H groups in total. The molecule has 1 aromatic rings. The minimum atomic E-state index is -0.827. The van der Waals surface area contributed by atoms with Gasteiger partial charge in [0.2, 0.25) is 0 Å². The van der Waals surface area contributed by atoms with Crippen LogP contribution in [0.4, 0.5) is 0 Å². The summed E-state index contributed by atoms with van der Waals surface area (Å²) in [6.45, 7) is 2.22. The summed E-state index contributed by atoms with van der Waals surface area (Å²) in [6.07, 6.45) is 2.71. The van der Waals surface area contributed by atoms with Gasteiger partial charge in [-0.1, -0.05) is 11.6 Å². The molecular formula is C12H15ClN2O3. The van der Waals surface area contributed by atoms with E-state index in [9.17, 15) is 9.59 Å². The van der Waals surface area contributed by atoms with Crippen LogP contribution in [0.5, 0.6) is 0 Å². The molecule has 0 saturated heterocycles. The molecule has 0 bridgehead atoms. The molecule has 5 nitrogen and oxygen atoms in total. The molecule has 0 aliphatic heterocycles. The Bertz CT molecular complexity index is 449. The van der Waals surface area contributed by atoms with E-state index in [4.69, 9.17) is 16.7 Å². The minimum Gasteiger partial charge on any atom is -0.481 e. The van der Waals surface area contributed by atoms with Crippen LogP contribution in [0.1, 0.15) is 35.3 Å². The Balaban J connectivity index is 2.39. The fourth-order valence-corrected chi connectivity index (χ4v) is 1.68. The highest BCUT2D eigenvalue weighted by atomic mass is 35.5. The number of nitrogens with one attached hydrogen (secondary N) is 1. The number of nitrogens with zero attached hydrogens (tertiary/aromatic N) is 1. The summed E-state index contributed by atoms with van der Waals surface area (Å²) in [5, 5.41) is 11.5. The number of carboxylic acids is 1. The first-order valence-electron chi connectivity index (χ1n) is 5.63. The maximum absolute atomic E-state index is 11.7. The zero-order chi connectivity index (χ0) is 13.5. The monoisotopic (exact) mass is 270 g/mol. The molecule has 0 saturated carbocycles. The highest BCUT2D eigenvalue weighted by molar-refractivity contribution is 6.33. The fourth-order valence-electron chi connectivity index (χ4n) is 1.39. The van der Waals surface area contributed by atoms with Crippen LogP contribution < -0.4 is 5.32 Å². The molecule has 1 amide bonds. The minimum absolute atomic E-state index is 0.114. The maximum atomic E-state index is 11.7. The number of hydrogen-bond donors (Lipinski definition) is 2. The van der Waals surface area contributed by atoms with Gasteiger partial charge in [-0.15, -0.1) is 0 Å². The third-order valence-electron chi connectivity index (χ3n) is 2.34. The van der Waals surface area contributed by atoms with E-state index >= 15 is 0 Å². The quantitative estimate of drug-likeness (QED) is 0.775. The Kier molecular flexibility index (Phi) is 5.58. The lowest BCUT2D eigenvalue weighted by Gasteiger charge is -2.06. The second-order valence-corrected chi connectivity index (χ2v) is 4.32. The van der Waals surface area contributed by atoms with Gasteiger partial charge in [-0.2, -0.15) is 0 Å². The Morgan fingerprint density at radius 1 is 1.44 bits per heavy atom. The normalized spacial score (nSPS) is 10.1. The number of carbonyl (C=O) groups is 2. The molecule has 98 valence electrons. The molecule has 0 aliphatic rings. The van der Waals surface area contributed by atoms with Gasteiger partial charge in [-0.25, -0.2) is 0 Å². The number of hydrogen-bond acceptors (Lipinski definition) is 3.